The topological polar surface area (TPSA) is 3.24 Å². The average Bonchev–Trinajstić information content (AvgIpc) is 3.12. The molecule has 0 fully saturated rings. The molecule has 0 saturated carbocycles. The summed E-state index contributed by atoms with van der Waals surface area (Å²) in [7, 11) is 0. The number of nitrogens with zero attached hydrogens (tertiary/aromatic N) is 1. The molecule has 5 aromatic rings. The van der Waals surface area contributed by atoms with Crippen LogP contribution in [0.4, 0.5) is 17.1 Å². The van der Waals surface area contributed by atoms with Crippen molar-refractivity contribution < 1.29 is 0 Å². The molecule has 0 aliphatic heterocycles. The standard InChI is InChI=1S/C34H29N/c1-24-13-15-25(16-14-24)26-17-19-28(20-18-26)35(27-9-5-4-6-10-27)29-21-22-33-31(23-29)30-11-7-8-12-32(30)34(33,2)3/h4-23H,1-3H3. The average molecular weight is 452 g/mol. The summed E-state index contributed by atoms with van der Waals surface area (Å²) < 4.78 is 0. The van der Waals surface area contributed by atoms with Crippen LogP contribution in [0.1, 0.15) is 30.5 Å². The highest BCUT2D eigenvalue weighted by atomic mass is 15.1. The molecule has 35 heavy (non-hydrogen) atoms. The minimum absolute atomic E-state index is 0.0116. The Balaban J connectivity index is 1.46. The number of rotatable bonds is 4. The van der Waals surface area contributed by atoms with Gasteiger partial charge >= 0.3 is 0 Å². The Morgan fingerprint density at radius 1 is 0.486 bits per heavy atom. The number of fused-ring (bicyclic) bond motifs is 3. The second-order valence-electron chi connectivity index (χ2n) is 9.98. The Kier molecular flexibility index (Phi) is 5.07. The predicted molar refractivity (Wildman–Crippen MR) is 149 cm³/mol. The summed E-state index contributed by atoms with van der Waals surface area (Å²) in [6.45, 7) is 6.78. The van der Waals surface area contributed by atoms with Gasteiger partial charge in [-0.25, -0.2) is 0 Å². The molecule has 0 amide bonds. The quantitative estimate of drug-likeness (QED) is 0.263. The number of hydrogen-bond acceptors (Lipinski definition) is 1. The van der Waals surface area contributed by atoms with Crippen molar-refractivity contribution in [2.75, 3.05) is 4.90 Å². The number of hydrogen-bond donors (Lipinski definition) is 0. The molecular formula is C34H29N. The van der Waals surface area contributed by atoms with Gasteiger partial charge in [0.05, 0.1) is 0 Å². The monoisotopic (exact) mass is 451 g/mol. The minimum atomic E-state index is 0.0116. The zero-order valence-corrected chi connectivity index (χ0v) is 20.5. The van der Waals surface area contributed by atoms with Crippen LogP contribution in [0.3, 0.4) is 0 Å². The van der Waals surface area contributed by atoms with Crippen molar-refractivity contribution in [2.24, 2.45) is 0 Å². The normalized spacial score (nSPS) is 13.2. The molecule has 0 atom stereocenters. The number of para-hydroxylation sites is 1. The van der Waals surface area contributed by atoms with Gasteiger partial charge in [-0.15, -0.1) is 0 Å². The number of aryl methyl sites for hydroxylation is 1. The first kappa shape index (κ1) is 21.4. The SMILES string of the molecule is Cc1ccc(-c2ccc(N(c3ccccc3)c3ccc4c(c3)-c3ccccc3C4(C)C)cc2)cc1. The molecule has 170 valence electrons. The summed E-state index contributed by atoms with van der Waals surface area (Å²) in [5, 5.41) is 0. The van der Waals surface area contributed by atoms with E-state index in [0.717, 1.165) is 11.4 Å². The highest BCUT2D eigenvalue weighted by Crippen LogP contribution is 2.50. The lowest BCUT2D eigenvalue weighted by Crippen LogP contribution is -2.15. The van der Waals surface area contributed by atoms with Gasteiger partial charge in [0.2, 0.25) is 0 Å². The zero-order valence-electron chi connectivity index (χ0n) is 20.5. The largest absolute Gasteiger partial charge is 0.310 e. The van der Waals surface area contributed by atoms with Gasteiger partial charge in [-0.2, -0.15) is 0 Å². The molecule has 0 spiro atoms. The lowest BCUT2D eigenvalue weighted by atomic mass is 9.82. The fourth-order valence-electron chi connectivity index (χ4n) is 5.42. The van der Waals surface area contributed by atoms with E-state index in [1.54, 1.807) is 0 Å². The van der Waals surface area contributed by atoms with E-state index in [1.165, 1.54) is 44.6 Å². The van der Waals surface area contributed by atoms with Crippen LogP contribution in [-0.4, -0.2) is 0 Å². The molecule has 5 aromatic carbocycles. The molecule has 1 heteroatoms. The van der Waals surface area contributed by atoms with Crippen LogP contribution in [0, 0.1) is 6.92 Å². The van der Waals surface area contributed by atoms with Crippen molar-refractivity contribution in [3.05, 3.63) is 138 Å². The summed E-state index contributed by atoms with van der Waals surface area (Å²) in [5.74, 6) is 0. The van der Waals surface area contributed by atoms with Crippen LogP contribution in [0.25, 0.3) is 22.3 Å². The van der Waals surface area contributed by atoms with Crippen LogP contribution < -0.4 is 4.90 Å². The Morgan fingerprint density at radius 3 is 1.74 bits per heavy atom. The van der Waals surface area contributed by atoms with Crippen molar-refractivity contribution >= 4 is 17.1 Å². The van der Waals surface area contributed by atoms with Gasteiger partial charge in [0.1, 0.15) is 0 Å². The van der Waals surface area contributed by atoms with Crippen LogP contribution in [0.15, 0.2) is 121 Å². The minimum Gasteiger partial charge on any atom is -0.310 e. The van der Waals surface area contributed by atoms with Gasteiger partial charge in [0.25, 0.3) is 0 Å². The lowest BCUT2D eigenvalue weighted by Gasteiger charge is -2.27. The van der Waals surface area contributed by atoms with Crippen molar-refractivity contribution in [1.82, 2.24) is 0 Å². The first-order valence-electron chi connectivity index (χ1n) is 12.3. The van der Waals surface area contributed by atoms with E-state index in [9.17, 15) is 0 Å². The molecule has 0 N–H and O–H groups in total. The molecule has 1 aliphatic carbocycles. The van der Waals surface area contributed by atoms with Crippen molar-refractivity contribution in [3.8, 4) is 22.3 Å². The van der Waals surface area contributed by atoms with E-state index >= 15 is 0 Å². The van der Waals surface area contributed by atoms with E-state index in [2.05, 4.69) is 147 Å². The van der Waals surface area contributed by atoms with E-state index in [0.29, 0.717) is 0 Å². The Morgan fingerprint density at radius 2 is 1.03 bits per heavy atom. The summed E-state index contributed by atoms with van der Waals surface area (Å²) in [6.07, 6.45) is 0. The highest BCUT2D eigenvalue weighted by molar-refractivity contribution is 5.86. The molecule has 0 unspecified atom stereocenters. The molecule has 6 rings (SSSR count). The van der Waals surface area contributed by atoms with E-state index in [-0.39, 0.29) is 5.41 Å². The molecular weight excluding hydrogens is 422 g/mol. The van der Waals surface area contributed by atoms with Gasteiger partial charge in [-0.3, -0.25) is 0 Å². The van der Waals surface area contributed by atoms with Gasteiger partial charge in [0.15, 0.2) is 0 Å². The van der Waals surface area contributed by atoms with E-state index in [1.807, 2.05) is 0 Å². The van der Waals surface area contributed by atoms with E-state index < -0.39 is 0 Å². The molecule has 0 radical (unpaired) electrons. The maximum absolute atomic E-state index is 2.36. The summed E-state index contributed by atoms with van der Waals surface area (Å²) in [6, 6.07) is 44.1. The fourth-order valence-corrected chi connectivity index (χ4v) is 5.42. The van der Waals surface area contributed by atoms with E-state index in [4.69, 9.17) is 0 Å². The third-order valence-electron chi connectivity index (χ3n) is 7.35. The number of anilines is 3. The van der Waals surface area contributed by atoms with Crippen LogP contribution in [0.5, 0.6) is 0 Å². The van der Waals surface area contributed by atoms with Gasteiger partial charge in [0, 0.05) is 22.5 Å². The van der Waals surface area contributed by atoms with Gasteiger partial charge in [-0.05, 0) is 76.7 Å². The summed E-state index contributed by atoms with van der Waals surface area (Å²) in [5.41, 5.74) is 12.7. The zero-order chi connectivity index (χ0) is 24.0. The molecule has 1 aliphatic rings. The smallest absolute Gasteiger partial charge is 0.0468 e. The fraction of sp³-hybridized carbons (Fsp3) is 0.118. The molecule has 0 saturated heterocycles. The summed E-state index contributed by atoms with van der Waals surface area (Å²) in [4.78, 5) is 2.35. The van der Waals surface area contributed by atoms with Crippen molar-refractivity contribution in [2.45, 2.75) is 26.2 Å². The maximum Gasteiger partial charge on any atom is 0.0468 e. The molecule has 0 aromatic heterocycles. The van der Waals surface area contributed by atoms with Crippen LogP contribution in [0.2, 0.25) is 0 Å². The molecule has 0 bridgehead atoms. The first-order chi connectivity index (χ1) is 17.0. The lowest BCUT2D eigenvalue weighted by molar-refractivity contribution is 0.660. The Labute approximate surface area is 208 Å². The van der Waals surface area contributed by atoms with Gasteiger partial charge in [-0.1, -0.05) is 104 Å². The van der Waals surface area contributed by atoms with Crippen molar-refractivity contribution in [1.29, 1.82) is 0 Å². The second kappa shape index (κ2) is 8.29. The molecule has 1 nitrogen and oxygen atoms in total. The summed E-state index contributed by atoms with van der Waals surface area (Å²) >= 11 is 0. The van der Waals surface area contributed by atoms with Crippen LogP contribution >= 0.6 is 0 Å². The second-order valence-corrected chi connectivity index (χ2v) is 9.98. The predicted octanol–water partition coefficient (Wildman–Crippen LogP) is 9.44. The maximum atomic E-state index is 2.36. The van der Waals surface area contributed by atoms with Crippen LogP contribution in [-0.2, 0) is 5.41 Å². The third kappa shape index (κ3) is 3.65. The third-order valence-corrected chi connectivity index (χ3v) is 7.35. The molecule has 0 heterocycles. The van der Waals surface area contributed by atoms with Crippen molar-refractivity contribution in [3.63, 3.8) is 0 Å². The highest BCUT2D eigenvalue weighted by Gasteiger charge is 2.35. The number of benzene rings is 5. The Hall–Kier alpha value is -4.10. The first-order valence-corrected chi connectivity index (χ1v) is 12.3. The van der Waals surface area contributed by atoms with Gasteiger partial charge < -0.3 is 4.90 Å². The Bertz CT molecular complexity index is 1490.